The molecule has 2 bridgehead atoms. The summed E-state index contributed by atoms with van der Waals surface area (Å²) in [5.74, 6) is -4.16. The molecule has 3 heterocycles. The predicted octanol–water partition coefficient (Wildman–Crippen LogP) is 4.45. The summed E-state index contributed by atoms with van der Waals surface area (Å²) in [6, 6.07) is 19.8. The van der Waals surface area contributed by atoms with Crippen molar-refractivity contribution >= 4 is 23.4 Å². The van der Waals surface area contributed by atoms with Crippen molar-refractivity contribution in [3.05, 3.63) is 102 Å². The highest BCUT2D eigenvalue weighted by molar-refractivity contribution is 5.97. The monoisotopic (exact) mass is 604 g/mol. The molecule has 0 saturated carbocycles. The fourth-order valence-electron chi connectivity index (χ4n) is 5.52. The highest BCUT2D eigenvalue weighted by Gasteiger charge is 2.49. The Kier molecular flexibility index (Phi) is 9.80. The number of rotatable bonds is 8. The Hall–Kier alpha value is -4.32. The Morgan fingerprint density at radius 1 is 0.907 bits per heavy atom. The number of aliphatic carboxylic acids is 1. The molecular formula is C31H29F5N2O5. The molecule has 3 fully saturated rings. The van der Waals surface area contributed by atoms with Crippen molar-refractivity contribution in [3.63, 3.8) is 0 Å². The van der Waals surface area contributed by atoms with Gasteiger partial charge in [0.05, 0.1) is 13.1 Å². The zero-order valence-corrected chi connectivity index (χ0v) is 22.9. The van der Waals surface area contributed by atoms with Gasteiger partial charge in [-0.05, 0) is 35.9 Å². The first-order valence-electron chi connectivity index (χ1n) is 13.5. The molecule has 3 aliphatic rings. The summed E-state index contributed by atoms with van der Waals surface area (Å²) in [6.45, 7) is 2.71. The Morgan fingerprint density at radius 3 is 2.09 bits per heavy atom. The fraction of sp³-hybridized carbons (Fsp3) is 0.323. The van der Waals surface area contributed by atoms with Crippen LogP contribution < -0.4 is 10.4 Å². The van der Waals surface area contributed by atoms with Crippen LogP contribution in [-0.4, -0.2) is 60.7 Å². The number of benzene rings is 3. The van der Waals surface area contributed by atoms with Gasteiger partial charge < -0.3 is 24.4 Å². The largest absolute Gasteiger partial charge is 0.542 e. The second-order valence-electron chi connectivity index (χ2n) is 10.7. The Bertz CT molecular complexity index is 1440. The number of quaternary nitrogens is 1. The molecule has 43 heavy (non-hydrogen) atoms. The van der Waals surface area contributed by atoms with E-state index in [9.17, 15) is 31.5 Å². The topological polar surface area (TPSA) is 95.5 Å². The lowest BCUT2D eigenvalue weighted by molar-refractivity contribution is -0.938. The SMILES string of the molecule is O=C(C[N+]12CCC(CC1)[C@@H](OC(=O)C(Nc1cccc(F)c1)c1cccc(F)c1)C2)c1ccccc1.O=C([O-])C(F)(F)F. The second-order valence-corrected chi connectivity index (χ2v) is 10.7. The van der Waals surface area contributed by atoms with Gasteiger partial charge in [0.1, 0.15) is 30.7 Å². The number of hydrogen-bond acceptors (Lipinski definition) is 6. The minimum atomic E-state index is -5.19. The average Bonchev–Trinajstić information content (AvgIpc) is 2.96. The maximum atomic E-state index is 14.0. The van der Waals surface area contributed by atoms with Crippen LogP contribution in [0.25, 0.3) is 0 Å². The molecule has 3 aliphatic heterocycles. The van der Waals surface area contributed by atoms with E-state index in [1.807, 2.05) is 30.3 Å². The molecule has 0 amide bonds. The number of nitrogens with zero attached hydrogens (tertiary/aromatic N) is 1. The normalized spacial score (nSPS) is 21.6. The molecule has 0 radical (unpaired) electrons. The van der Waals surface area contributed by atoms with Gasteiger partial charge in [-0.3, -0.25) is 4.79 Å². The molecule has 1 unspecified atom stereocenters. The van der Waals surface area contributed by atoms with E-state index in [1.165, 1.54) is 36.4 Å². The van der Waals surface area contributed by atoms with Gasteiger partial charge in [0.25, 0.3) is 0 Å². The van der Waals surface area contributed by atoms with Crippen molar-refractivity contribution in [1.82, 2.24) is 0 Å². The number of ketones is 1. The van der Waals surface area contributed by atoms with E-state index in [4.69, 9.17) is 14.6 Å². The molecular weight excluding hydrogens is 575 g/mol. The van der Waals surface area contributed by atoms with Crippen molar-refractivity contribution in [2.75, 3.05) is 31.5 Å². The van der Waals surface area contributed by atoms with Crippen LogP contribution in [0.4, 0.5) is 27.6 Å². The number of carboxylic acids is 1. The lowest BCUT2D eigenvalue weighted by atomic mass is 9.82. The van der Waals surface area contributed by atoms with E-state index in [0.29, 0.717) is 34.4 Å². The van der Waals surface area contributed by atoms with Crippen molar-refractivity contribution in [3.8, 4) is 0 Å². The minimum Gasteiger partial charge on any atom is -0.542 e. The number of halogens is 5. The molecule has 3 aromatic rings. The summed E-state index contributed by atoms with van der Waals surface area (Å²) in [5, 5.41) is 11.8. The number of alkyl halides is 3. The number of nitrogens with one attached hydrogen (secondary N) is 1. The van der Waals surface area contributed by atoms with Crippen molar-refractivity contribution in [1.29, 1.82) is 0 Å². The summed E-state index contributed by atoms with van der Waals surface area (Å²) in [5.41, 5.74) is 1.48. The molecule has 0 aromatic heterocycles. The zero-order chi connectivity index (χ0) is 31.2. The molecule has 0 spiro atoms. The van der Waals surface area contributed by atoms with Gasteiger partial charge in [-0.1, -0.05) is 48.5 Å². The molecule has 12 heteroatoms. The van der Waals surface area contributed by atoms with Crippen LogP contribution in [0.3, 0.4) is 0 Å². The number of carbonyl (C=O) groups is 3. The van der Waals surface area contributed by atoms with Gasteiger partial charge >= 0.3 is 12.1 Å². The average molecular weight is 605 g/mol. The Morgan fingerprint density at radius 2 is 1.51 bits per heavy atom. The van der Waals surface area contributed by atoms with E-state index in [2.05, 4.69) is 5.32 Å². The van der Waals surface area contributed by atoms with Gasteiger partial charge in [-0.15, -0.1) is 0 Å². The van der Waals surface area contributed by atoms with Crippen LogP contribution in [-0.2, 0) is 14.3 Å². The van der Waals surface area contributed by atoms with Crippen LogP contribution in [0.2, 0.25) is 0 Å². The summed E-state index contributed by atoms with van der Waals surface area (Å²) in [4.78, 5) is 35.2. The number of anilines is 1. The molecule has 0 aliphatic carbocycles. The lowest BCUT2D eigenvalue weighted by Crippen LogP contribution is -2.65. The van der Waals surface area contributed by atoms with Crippen LogP contribution in [0, 0.1) is 17.6 Å². The third-order valence-electron chi connectivity index (χ3n) is 7.67. The van der Waals surface area contributed by atoms with Gasteiger partial charge in [-0.2, -0.15) is 13.2 Å². The van der Waals surface area contributed by atoms with Gasteiger partial charge in [0.15, 0.2) is 12.1 Å². The third-order valence-corrected chi connectivity index (χ3v) is 7.67. The van der Waals surface area contributed by atoms with Gasteiger partial charge in [0.2, 0.25) is 5.78 Å². The number of Topliss-reactive ketones (excluding diaryl/α,β-unsaturated/α-hetero) is 1. The quantitative estimate of drug-likeness (QED) is 0.177. The van der Waals surface area contributed by atoms with Crippen molar-refractivity contribution in [2.45, 2.75) is 31.2 Å². The van der Waals surface area contributed by atoms with E-state index in [1.54, 1.807) is 12.1 Å². The molecule has 7 nitrogen and oxygen atoms in total. The van der Waals surface area contributed by atoms with Gasteiger partial charge in [-0.25, -0.2) is 13.6 Å². The van der Waals surface area contributed by atoms with Gasteiger partial charge in [0, 0.05) is 30.0 Å². The zero-order valence-electron chi connectivity index (χ0n) is 22.9. The smallest absolute Gasteiger partial charge is 0.430 e. The maximum Gasteiger partial charge on any atom is 0.430 e. The number of fused-ring (bicyclic) bond motifs is 3. The summed E-state index contributed by atoms with van der Waals surface area (Å²) in [6.07, 6.45) is -3.78. The Labute approximate surface area is 244 Å². The van der Waals surface area contributed by atoms with Crippen LogP contribution >= 0.6 is 0 Å². The summed E-state index contributed by atoms with van der Waals surface area (Å²) in [7, 11) is 0. The molecule has 2 atom stereocenters. The van der Waals surface area contributed by atoms with E-state index >= 15 is 0 Å². The summed E-state index contributed by atoms with van der Waals surface area (Å²) >= 11 is 0. The highest BCUT2D eigenvalue weighted by Crippen LogP contribution is 2.37. The van der Waals surface area contributed by atoms with Crippen LogP contribution in [0.15, 0.2) is 78.9 Å². The molecule has 6 rings (SSSR count). The maximum absolute atomic E-state index is 14.0. The summed E-state index contributed by atoms with van der Waals surface area (Å²) < 4.78 is 66.0. The van der Waals surface area contributed by atoms with Crippen LogP contribution in [0.5, 0.6) is 0 Å². The molecule has 228 valence electrons. The van der Waals surface area contributed by atoms with Crippen LogP contribution in [0.1, 0.15) is 34.8 Å². The first-order chi connectivity index (χ1) is 20.3. The number of ether oxygens (including phenoxy) is 1. The number of esters is 1. The predicted molar refractivity (Wildman–Crippen MR) is 143 cm³/mol. The third kappa shape index (κ3) is 8.38. The lowest BCUT2D eigenvalue weighted by Gasteiger charge is -2.51. The number of carboxylic acid groups (broad SMARTS) is 1. The number of carbonyl (C=O) groups excluding carboxylic acids is 3. The van der Waals surface area contributed by atoms with E-state index < -0.39 is 35.8 Å². The first kappa shape index (κ1) is 31.6. The number of piperidine rings is 3. The second kappa shape index (κ2) is 13.3. The minimum absolute atomic E-state index is 0.0893. The van der Waals surface area contributed by atoms with Crippen molar-refractivity contribution in [2.24, 2.45) is 5.92 Å². The molecule has 3 saturated heterocycles. The fourth-order valence-corrected chi connectivity index (χ4v) is 5.52. The first-order valence-corrected chi connectivity index (χ1v) is 13.5. The Balaban J connectivity index is 0.000000541. The van der Waals surface area contributed by atoms with Crippen molar-refractivity contribution < 1.29 is 50.7 Å². The molecule has 1 N–H and O–H groups in total. The van der Waals surface area contributed by atoms with E-state index in [-0.39, 0.29) is 17.8 Å². The molecule has 3 aromatic carbocycles. The highest BCUT2D eigenvalue weighted by atomic mass is 19.4. The standard InChI is InChI=1S/C29H29F2N2O3.C2HF3O2/c30-23-9-4-8-22(16-23)28(32-25-11-5-10-24(31)17-25)29(35)36-27-19-33(14-12-21(27)13-15-33)18-26(34)20-6-2-1-3-7-20;3-2(4,5)1(6)7/h1-11,16-17,21,27-28,32H,12-15,18-19H2;(H,6,7)/q+1;/p-1/t21?,27-,28?,33?;/m0./s1. The number of hydrogen-bond donors (Lipinski definition) is 1. The van der Waals surface area contributed by atoms with E-state index in [0.717, 1.165) is 25.9 Å².